The third kappa shape index (κ3) is 2.74. The van der Waals surface area contributed by atoms with E-state index in [2.05, 4.69) is 0 Å². The largest absolute Gasteiger partial charge is 0.391 e. The van der Waals surface area contributed by atoms with Gasteiger partial charge in [0.1, 0.15) is 0 Å². The predicted octanol–water partition coefficient (Wildman–Crippen LogP) is 0.189. The van der Waals surface area contributed by atoms with E-state index in [1.807, 2.05) is 23.1 Å². The molecule has 1 aromatic carbocycles. The minimum absolute atomic E-state index is 0.0297. The highest BCUT2D eigenvalue weighted by atomic mass is 16.3. The van der Waals surface area contributed by atoms with Gasteiger partial charge in [-0.05, 0) is 12.8 Å². The van der Waals surface area contributed by atoms with Crippen molar-refractivity contribution in [2.45, 2.75) is 49.7 Å². The van der Waals surface area contributed by atoms with Crippen LogP contribution >= 0.6 is 0 Å². The molecule has 0 aliphatic carbocycles. The molecule has 21 heavy (non-hydrogen) atoms. The molecule has 2 heterocycles. The van der Waals surface area contributed by atoms with Crippen molar-refractivity contribution in [3.63, 3.8) is 0 Å². The van der Waals surface area contributed by atoms with Crippen LogP contribution in [-0.2, 0) is 0 Å². The standard InChI is InChI=1S/C16H21NO4/c18-12-7-6-11(17-9-14(20)16(21)15(12)17)8-13(19)10-4-2-1-3-5-10/h1-5,11-12,14-16,18,20-21H,6-9H2/t11?,12-,14-,15-,16-/m1/s1. The molecule has 0 bridgehead atoms. The minimum Gasteiger partial charge on any atom is -0.391 e. The lowest BCUT2D eigenvalue weighted by Crippen LogP contribution is -2.53. The van der Waals surface area contributed by atoms with E-state index in [0.29, 0.717) is 31.4 Å². The fourth-order valence-electron chi connectivity index (χ4n) is 3.59. The number of rotatable bonds is 3. The number of hydrogen-bond donors (Lipinski definition) is 3. The Kier molecular flexibility index (Phi) is 4.08. The number of piperidine rings is 1. The molecule has 2 aliphatic rings. The molecule has 0 spiro atoms. The normalized spacial score (nSPS) is 36.4. The van der Waals surface area contributed by atoms with E-state index >= 15 is 0 Å². The van der Waals surface area contributed by atoms with Crippen LogP contribution in [0.3, 0.4) is 0 Å². The van der Waals surface area contributed by atoms with E-state index in [4.69, 9.17) is 0 Å². The zero-order valence-corrected chi connectivity index (χ0v) is 11.8. The van der Waals surface area contributed by atoms with Gasteiger partial charge in [0, 0.05) is 24.6 Å². The third-order valence-electron chi connectivity index (χ3n) is 4.70. The van der Waals surface area contributed by atoms with Gasteiger partial charge < -0.3 is 15.3 Å². The van der Waals surface area contributed by atoms with Gasteiger partial charge >= 0.3 is 0 Å². The second kappa shape index (κ2) is 5.85. The Labute approximate surface area is 123 Å². The molecule has 0 radical (unpaired) electrons. The molecule has 5 atom stereocenters. The molecule has 3 N–H and O–H groups in total. The summed E-state index contributed by atoms with van der Waals surface area (Å²) >= 11 is 0. The van der Waals surface area contributed by atoms with Gasteiger partial charge in [0.05, 0.1) is 24.4 Å². The number of aliphatic hydroxyl groups excluding tert-OH is 3. The van der Waals surface area contributed by atoms with Crippen molar-refractivity contribution in [3.05, 3.63) is 35.9 Å². The highest BCUT2D eigenvalue weighted by Crippen LogP contribution is 2.33. The van der Waals surface area contributed by atoms with Gasteiger partial charge in [-0.15, -0.1) is 0 Å². The molecule has 5 nitrogen and oxygen atoms in total. The summed E-state index contributed by atoms with van der Waals surface area (Å²) in [7, 11) is 0. The summed E-state index contributed by atoms with van der Waals surface area (Å²) in [6.07, 6.45) is -0.813. The average molecular weight is 291 g/mol. The molecule has 2 aliphatic heterocycles. The average Bonchev–Trinajstić information content (AvgIpc) is 2.80. The molecule has 2 saturated heterocycles. The topological polar surface area (TPSA) is 81.0 Å². The van der Waals surface area contributed by atoms with Gasteiger partial charge in [-0.2, -0.15) is 0 Å². The number of hydrogen-bond acceptors (Lipinski definition) is 5. The third-order valence-corrected chi connectivity index (χ3v) is 4.70. The summed E-state index contributed by atoms with van der Waals surface area (Å²) in [5.41, 5.74) is 0.681. The summed E-state index contributed by atoms with van der Waals surface area (Å²) in [5.74, 6) is 0.0617. The van der Waals surface area contributed by atoms with Gasteiger partial charge in [0.25, 0.3) is 0 Å². The van der Waals surface area contributed by atoms with E-state index in [1.165, 1.54) is 0 Å². The highest BCUT2D eigenvalue weighted by molar-refractivity contribution is 5.96. The van der Waals surface area contributed by atoms with Crippen LogP contribution in [0.2, 0.25) is 0 Å². The van der Waals surface area contributed by atoms with E-state index in [0.717, 1.165) is 0 Å². The maximum absolute atomic E-state index is 12.3. The lowest BCUT2D eigenvalue weighted by atomic mass is 9.89. The van der Waals surface area contributed by atoms with Crippen molar-refractivity contribution >= 4 is 5.78 Å². The molecule has 1 aromatic rings. The summed E-state index contributed by atoms with van der Waals surface area (Å²) < 4.78 is 0. The lowest BCUT2D eigenvalue weighted by Gasteiger charge is -2.40. The van der Waals surface area contributed by atoms with Crippen molar-refractivity contribution in [1.82, 2.24) is 4.90 Å². The minimum atomic E-state index is -0.936. The number of carbonyl (C=O) groups excluding carboxylic acids is 1. The molecular weight excluding hydrogens is 270 g/mol. The molecule has 0 amide bonds. The van der Waals surface area contributed by atoms with E-state index < -0.39 is 24.4 Å². The van der Waals surface area contributed by atoms with Crippen LogP contribution in [0.4, 0.5) is 0 Å². The number of aliphatic hydroxyl groups is 3. The lowest BCUT2D eigenvalue weighted by molar-refractivity contribution is -0.0453. The molecule has 114 valence electrons. The van der Waals surface area contributed by atoms with Crippen LogP contribution < -0.4 is 0 Å². The fraction of sp³-hybridized carbons (Fsp3) is 0.562. The van der Waals surface area contributed by atoms with Crippen molar-refractivity contribution in [2.24, 2.45) is 0 Å². The maximum atomic E-state index is 12.3. The van der Waals surface area contributed by atoms with E-state index in [-0.39, 0.29) is 11.8 Å². The molecule has 3 rings (SSSR count). The van der Waals surface area contributed by atoms with E-state index in [9.17, 15) is 20.1 Å². The Morgan fingerprint density at radius 2 is 1.81 bits per heavy atom. The number of carbonyl (C=O) groups is 1. The molecule has 0 saturated carbocycles. The molecule has 5 heteroatoms. The molecular formula is C16H21NO4. The summed E-state index contributed by atoms with van der Waals surface area (Å²) in [6, 6.07) is 8.65. The van der Waals surface area contributed by atoms with Crippen molar-refractivity contribution in [3.8, 4) is 0 Å². The van der Waals surface area contributed by atoms with Crippen molar-refractivity contribution in [2.75, 3.05) is 6.54 Å². The molecule has 0 aromatic heterocycles. The van der Waals surface area contributed by atoms with E-state index in [1.54, 1.807) is 12.1 Å². The maximum Gasteiger partial charge on any atom is 0.164 e. The van der Waals surface area contributed by atoms with Crippen LogP contribution in [-0.4, -0.2) is 62.9 Å². The Morgan fingerprint density at radius 1 is 1.10 bits per heavy atom. The Balaban J connectivity index is 1.73. The monoisotopic (exact) mass is 291 g/mol. The van der Waals surface area contributed by atoms with Crippen molar-refractivity contribution < 1.29 is 20.1 Å². The Hall–Kier alpha value is -1.27. The van der Waals surface area contributed by atoms with Gasteiger partial charge in [-0.25, -0.2) is 0 Å². The first kappa shape index (κ1) is 14.7. The second-order valence-electron chi connectivity index (χ2n) is 6.04. The van der Waals surface area contributed by atoms with Crippen LogP contribution in [0.5, 0.6) is 0 Å². The van der Waals surface area contributed by atoms with Gasteiger partial charge in [-0.1, -0.05) is 30.3 Å². The molecule has 2 fully saturated rings. The van der Waals surface area contributed by atoms with Gasteiger partial charge in [0.15, 0.2) is 5.78 Å². The number of fused-ring (bicyclic) bond motifs is 1. The van der Waals surface area contributed by atoms with Crippen LogP contribution in [0.1, 0.15) is 29.6 Å². The number of Topliss-reactive ketones (excluding diaryl/α,β-unsaturated/α-hetero) is 1. The second-order valence-corrected chi connectivity index (χ2v) is 6.04. The first-order chi connectivity index (χ1) is 10.1. The first-order valence-electron chi connectivity index (χ1n) is 7.46. The van der Waals surface area contributed by atoms with Crippen LogP contribution in [0.25, 0.3) is 0 Å². The predicted molar refractivity (Wildman–Crippen MR) is 76.9 cm³/mol. The van der Waals surface area contributed by atoms with Gasteiger partial charge in [-0.3, -0.25) is 9.69 Å². The first-order valence-corrected chi connectivity index (χ1v) is 7.46. The Bertz CT molecular complexity index is 506. The number of nitrogens with zero attached hydrogens (tertiary/aromatic N) is 1. The summed E-state index contributed by atoms with van der Waals surface area (Å²) in [6.45, 7) is 0.315. The summed E-state index contributed by atoms with van der Waals surface area (Å²) in [4.78, 5) is 14.2. The fourth-order valence-corrected chi connectivity index (χ4v) is 3.59. The van der Waals surface area contributed by atoms with Gasteiger partial charge in [0.2, 0.25) is 0 Å². The smallest absolute Gasteiger partial charge is 0.164 e. The van der Waals surface area contributed by atoms with Crippen LogP contribution in [0, 0.1) is 0 Å². The molecule has 1 unspecified atom stereocenters. The Morgan fingerprint density at radius 3 is 2.52 bits per heavy atom. The highest BCUT2D eigenvalue weighted by Gasteiger charge is 2.49. The van der Waals surface area contributed by atoms with Crippen molar-refractivity contribution in [1.29, 1.82) is 0 Å². The van der Waals surface area contributed by atoms with Crippen LogP contribution in [0.15, 0.2) is 30.3 Å². The quantitative estimate of drug-likeness (QED) is 0.693. The number of benzene rings is 1. The zero-order chi connectivity index (χ0) is 15.0. The summed E-state index contributed by atoms with van der Waals surface area (Å²) in [5, 5.41) is 29.9. The number of ketones is 1. The SMILES string of the molecule is O=C(CC1CC[C@@H](O)[C@@H]2[C@H](O)[C@H](O)CN12)c1ccccc1. The zero-order valence-electron chi connectivity index (χ0n) is 11.8.